The van der Waals surface area contributed by atoms with Gasteiger partial charge in [0.1, 0.15) is 5.82 Å². The maximum atomic E-state index is 8.85. The summed E-state index contributed by atoms with van der Waals surface area (Å²) < 4.78 is 2.00. The molecule has 0 saturated heterocycles. The molecule has 0 radical (unpaired) electrons. The van der Waals surface area contributed by atoms with Crippen LogP contribution >= 0.6 is 0 Å². The topological polar surface area (TPSA) is 44.9 Å². The van der Waals surface area contributed by atoms with Gasteiger partial charge in [-0.1, -0.05) is 0 Å². The second-order valence-electron chi connectivity index (χ2n) is 4.80. The van der Waals surface area contributed by atoms with E-state index in [-0.39, 0.29) is 0 Å². The molecule has 0 aliphatic rings. The van der Waals surface area contributed by atoms with Gasteiger partial charge in [-0.25, -0.2) is 4.98 Å². The smallest absolute Gasteiger partial charge is 0.140 e. The molecule has 0 aliphatic heterocycles. The van der Waals surface area contributed by atoms with Gasteiger partial charge in [-0.3, -0.25) is 0 Å². The van der Waals surface area contributed by atoms with E-state index in [2.05, 4.69) is 40.2 Å². The molecule has 98 valence electrons. The van der Waals surface area contributed by atoms with Gasteiger partial charge in [-0.2, -0.15) is 5.26 Å². The van der Waals surface area contributed by atoms with E-state index in [1.165, 1.54) is 0 Å². The van der Waals surface area contributed by atoms with Gasteiger partial charge >= 0.3 is 0 Å². The van der Waals surface area contributed by atoms with Gasteiger partial charge in [-0.05, 0) is 31.2 Å². The molecule has 0 saturated carbocycles. The standard InChI is InChI=1S/C15H18N4/c1-11-14(9-10-16)19(4)15(17-11)12-5-7-13(8-6-12)18(2)3/h5-8H,9H2,1-4H3. The zero-order valence-electron chi connectivity index (χ0n) is 11.8. The molecule has 2 aromatic rings. The zero-order chi connectivity index (χ0) is 14.0. The molecule has 0 N–H and O–H groups in total. The maximum absolute atomic E-state index is 8.85. The number of aromatic nitrogens is 2. The number of nitriles is 1. The molecule has 1 aromatic heterocycles. The van der Waals surface area contributed by atoms with Crippen LogP contribution in [0.2, 0.25) is 0 Å². The summed E-state index contributed by atoms with van der Waals surface area (Å²) >= 11 is 0. The van der Waals surface area contributed by atoms with Crippen LogP contribution in [0.25, 0.3) is 11.4 Å². The van der Waals surface area contributed by atoms with Gasteiger partial charge in [0.25, 0.3) is 0 Å². The minimum absolute atomic E-state index is 0.394. The quantitative estimate of drug-likeness (QED) is 0.845. The van der Waals surface area contributed by atoms with Gasteiger partial charge in [-0.15, -0.1) is 0 Å². The lowest BCUT2D eigenvalue weighted by atomic mass is 10.2. The van der Waals surface area contributed by atoms with Crippen molar-refractivity contribution in [3.63, 3.8) is 0 Å². The van der Waals surface area contributed by atoms with E-state index in [0.717, 1.165) is 28.5 Å². The van der Waals surface area contributed by atoms with Crippen LogP contribution in [-0.2, 0) is 13.5 Å². The Morgan fingerprint density at radius 2 is 1.89 bits per heavy atom. The first-order valence-corrected chi connectivity index (χ1v) is 6.21. The summed E-state index contributed by atoms with van der Waals surface area (Å²) in [5.41, 5.74) is 4.14. The van der Waals surface area contributed by atoms with Crippen molar-refractivity contribution in [2.24, 2.45) is 7.05 Å². The van der Waals surface area contributed by atoms with E-state index < -0.39 is 0 Å². The molecule has 1 heterocycles. The van der Waals surface area contributed by atoms with Crippen LogP contribution in [0.15, 0.2) is 24.3 Å². The maximum Gasteiger partial charge on any atom is 0.140 e. The Hall–Kier alpha value is -2.28. The van der Waals surface area contributed by atoms with Crippen LogP contribution in [0, 0.1) is 18.3 Å². The van der Waals surface area contributed by atoms with Gasteiger partial charge in [0.2, 0.25) is 0 Å². The molecule has 4 nitrogen and oxygen atoms in total. The van der Waals surface area contributed by atoms with Crippen LogP contribution in [0.4, 0.5) is 5.69 Å². The minimum atomic E-state index is 0.394. The molecule has 0 amide bonds. The lowest BCUT2D eigenvalue weighted by Crippen LogP contribution is -2.08. The van der Waals surface area contributed by atoms with Crippen molar-refractivity contribution in [1.82, 2.24) is 9.55 Å². The Bertz CT molecular complexity index is 615. The lowest BCUT2D eigenvalue weighted by Gasteiger charge is -2.12. The number of hydrogen-bond donors (Lipinski definition) is 0. The zero-order valence-corrected chi connectivity index (χ0v) is 11.8. The monoisotopic (exact) mass is 254 g/mol. The van der Waals surface area contributed by atoms with Gasteiger partial charge in [0.05, 0.1) is 23.9 Å². The average molecular weight is 254 g/mol. The molecule has 0 fully saturated rings. The van der Waals surface area contributed by atoms with E-state index in [9.17, 15) is 0 Å². The third-order valence-corrected chi connectivity index (χ3v) is 3.30. The summed E-state index contributed by atoms with van der Waals surface area (Å²) in [6.07, 6.45) is 0.394. The van der Waals surface area contributed by atoms with E-state index in [4.69, 9.17) is 5.26 Å². The van der Waals surface area contributed by atoms with Crippen LogP contribution < -0.4 is 4.90 Å². The molecule has 0 unspecified atom stereocenters. The fourth-order valence-corrected chi connectivity index (χ4v) is 2.16. The van der Waals surface area contributed by atoms with Crippen LogP contribution in [0.5, 0.6) is 0 Å². The van der Waals surface area contributed by atoms with E-state index in [1.54, 1.807) is 0 Å². The van der Waals surface area contributed by atoms with Crippen molar-refractivity contribution in [3.05, 3.63) is 35.7 Å². The lowest BCUT2D eigenvalue weighted by molar-refractivity contribution is 0.859. The molecule has 0 atom stereocenters. The average Bonchev–Trinajstić information content (AvgIpc) is 2.67. The third kappa shape index (κ3) is 2.45. The number of anilines is 1. The fraction of sp³-hybridized carbons (Fsp3) is 0.333. The van der Waals surface area contributed by atoms with E-state index in [0.29, 0.717) is 6.42 Å². The van der Waals surface area contributed by atoms with Gasteiger partial charge < -0.3 is 9.47 Å². The molecule has 4 heteroatoms. The minimum Gasteiger partial charge on any atom is -0.378 e. The summed E-state index contributed by atoms with van der Waals surface area (Å²) in [6, 6.07) is 10.5. The summed E-state index contributed by atoms with van der Waals surface area (Å²) in [5.74, 6) is 0.910. The second-order valence-corrected chi connectivity index (χ2v) is 4.80. The third-order valence-electron chi connectivity index (χ3n) is 3.30. The molecule has 19 heavy (non-hydrogen) atoms. The molecule has 0 aliphatic carbocycles. The Morgan fingerprint density at radius 1 is 1.26 bits per heavy atom. The normalized spacial score (nSPS) is 10.3. The first kappa shape index (κ1) is 13.2. The Labute approximate surface area is 113 Å². The molecular formula is C15H18N4. The van der Waals surface area contributed by atoms with Crippen molar-refractivity contribution in [2.75, 3.05) is 19.0 Å². The molecule has 0 bridgehead atoms. The first-order valence-electron chi connectivity index (χ1n) is 6.21. The Balaban J connectivity index is 2.42. The largest absolute Gasteiger partial charge is 0.378 e. The fourth-order valence-electron chi connectivity index (χ4n) is 2.16. The predicted molar refractivity (Wildman–Crippen MR) is 77.0 cm³/mol. The summed E-state index contributed by atoms with van der Waals surface area (Å²) in [5, 5.41) is 8.85. The highest BCUT2D eigenvalue weighted by molar-refractivity contribution is 5.61. The number of aryl methyl sites for hydroxylation is 1. The van der Waals surface area contributed by atoms with Crippen molar-refractivity contribution in [3.8, 4) is 17.5 Å². The first-order chi connectivity index (χ1) is 9.04. The second kappa shape index (κ2) is 5.15. The highest BCUT2D eigenvalue weighted by Crippen LogP contribution is 2.23. The van der Waals surface area contributed by atoms with Crippen molar-refractivity contribution >= 4 is 5.69 Å². The van der Waals surface area contributed by atoms with Crippen LogP contribution in [-0.4, -0.2) is 23.6 Å². The number of benzene rings is 1. The molecule has 1 aromatic carbocycles. The summed E-state index contributed by atoms with van der Waals surface area (Å²) in [6.45, 7) is 1.95. The van der Waals surface area contributed by atoms with Gasteiger partial charge in [0, 0.05) is 32.4 Å². The highest BCUT2D eigenvalue weighted by Gasteiger charge is 2.12. The molecule has 0 spiro atoms. The van der Waals surface area contributed by atoms with Crippen molar-refractivity contribution in [1.29, 1.82) is 5.26 Å². The SMILES string of the molecule is Cc1nc(-c2ccc(N(C)C)cc2)n(C)c1CC#N. The van der Waals surface area contributed by atoms with Crippen molar-refractivity contribution < 1.29 is 0 Å². The Morgan fingerprint density at radius 3 is 2.42 bits per heavy atom. The van der Waals surface area contributed by atoms with Gasteiger partial charge in [0.15, 0.2) is 0 Å². The highest BCUT2D eigenvalue weighted by atomic mass is 15.1. The van der Waals surface area contributed by atoms with E-state index in [1.807, 2.05) is 32.6 Å². The predicted octanol–water partition coefficient (Wildman–Crippen LogP) is 2.53. The Kier molecular flexibility index (Phi) is 3.57. The number of rotatable bonds is 3. The number of nitrogens with zero attached hydrogens (tertiary/aromatic N) is 4. The molecular weight excluding hydrogens is 236 g/mol. The van der Waals surface area contributed by atoms with Crippen LogP contribution in [0.3, 0.4) is 0 Å². The van der Waals surface area contributed by atoms with Crippen molar-refractivity contribution in [2.45, 2.75) is 13.3 Å². The van der Waals surface area contributed by atoms with Crippen LogP contribution in [0.1, 0.15) is 11.4 Å². The molecule has 2 rings (SSSR count). The number of imidazole rings is 1. The summed E-state index contributed by atoms with van der Waals surface area (Å²) in [7, 11) is 6.00. The number of hydrogen-bond acceptors (Lipinski definition) is 3. The van der Waals surface area contributed by atoms with E-state index >= 15 is 0 Å². The summed E-state index contributed by atoms with van der Waals surface area (Å²) in [4.78, 5) is 6.64.